The normalized spacial score (nSPS) is 19.2. The van der Waals surface area contributed by atoms with Crippen LogP contribution in [0.2, 0.25) is 0 Å². The lowest BCUT2D eigenvalue weighted by atomic mass is 10.2. The van der Waals surface area contributed by atoms with Crippen molar-refractivity contribution in [3.05, 3.63) is 30.1 Å². The zero-order valence-corrected chi connectivity index (χ0v) is 15.5. The number of hydrogen-bond donors (Lipinski definition) is 1. The van der Waals surface area contributed by atoms with Gasteiger partial charge < -0.3 is 14.7 Å². The van der Waals surface area contributed by atoms with E-state index in [1.165, 1.54) is 12.1 Å². The minimum absolute atomic E-state index is 0.0631. The highest BCUT2D eigenvalue weighted by Crippen LogP contribution is 2.24. The Labute approximate surface area is 151 Å². The van der Waals surface area contributed by atoms with Gasteiger partial charge in [0.25, 0.3) is 0 Å². The molecular weight excluding hydrogens is 367 g/mol. The van der Waals surface area contributed by atoms with Gasteiger partial charge in [0, 0.05) is 13.1 Å². The first-order valence-corrected chi connectivity index (χ1v) is 9.34. The van der Waals surface area contributed by atoms with Crippen LogP contribution < -0.4 is 0 Å². The maximum Gasteiger partial charge on any atom is 0.410 e. The molecule has 0 spiro atoms. The van der Waals surface area contributed by atoms with Crippen LogP contribution in [0.1, 0.15) is 20.8 Å². The molecule has 0 bridgehead atoms. The van der Waals surface area contributed by atoms with Crippen molar-refractivity contribution in [3.8, 4) is 0 Å². The first kappa shape index (κ1) is 20.1. The van der Waals surface area contributed by atoms with Crippen molar-refractivity contribution < 1.29 is 32.2 Å². The van der Waals surface area contributed by atoms with Crippen LogP contribution >= 0.6 is 0 Å². The molecule has 1 N–H and O–H groups in total. The fraction of sp³-hybridized carbons (Fsp3) is 0.500. The van der Waals surface area contributed by atoms with Crippen molar-refractivity contribution in [2.75, 3.05) is 19.6 Å². The quantitative estimate of drug-likeness (QED) is 0.842. The minimum atomic E-state index is -4.37. The van der Waals surface area contributed by atoms with E-state index in [0.29, 0.717) is 4.31 Å². The lowest BCUT2D eigenvalue weighted by Gasteiger charge is -2.38. The highest BCUT2D eigenvalue weighted by molar-refractivity contribution is 7.89. The minimum Gasteiger partial charge on any atom is -0.480 e. The number of carbonyl (C=O) groups excluding carboxylic acids is 1. The van der Waals surface area contributed by atoms with Gasteiger partial charge in [-0.15, -0.1) is 0 Å². The molecular formula is C16H21FN2O6S. The van der Waals surface area contributed by atoms with E-state index < -0.39 is 51.0 Å². The number of hydrogen-bond acceptors (Lipinski definition) is 5. The van der Waals surface area contributed by atoms with E-state index in [0.717, 1.165) is 17.0 Å². The summed E-state index contributed by atoms with van der Waals surface area (Å²) in [5.41, 5.74) is -0.772. The standard InChI is InChI=1S/C16H21FN2O6S/c1-16(2,3)25-15(22)18-8-9-19(12(10-18)14(20)21)26(23,24)13-7-5-4-6-11(13)17/h4-7,12H,8-10H2,1-3H3,(H,20,21). The summed E-state index contributed by atoms with van der Waals surface area (Å²) in [6.45, 7) is 4.26. The van der Waals surface area contributed by atoms with E-state index >= 15 is 0 Å². The summed E-state index contributed by atoms with van der Waals surface area (Å²) in [6.07, 6.45) is -0.730. The molecule has 1 heterocycles. The number of benzene rings is 1. The summed E-state index contributed by atoms with van der Waals surface area (Å²) in [6, 6.07) is 3.20. The Morgan fingerprint density at radius 1 is 1.23 bits per heavy atom. The van der Waals surface area contributed by atoms with Gasteiger partial charge in [0.2, 0.25) is 10.0 Å². The van der Waals surface area contributed by atoms with Crippen LogP contribution in [0.3, 0.4) is 0 Å². The zero-order valence-electron chi connectivity index (χ0n) is 14.7. The van der Waals surface area contributed by atoms with Crippen LogP contribution in [-0.4, -0.2) is 66.1 Å². The number of piperazine rings is 1. The molecule has 1 saturated heterocycles. The van der Waals surface area contributed by atoms with Crippen molar-refractivity contribution in [2.24, 2.45) is 0 Å². The largest absolute Gasteiger partial charge is 0.480 e. The number of rotatable bonds is 3. The molecule has 0 radical (unpaired) electrons. The Bertz CT molecular complexity index is 805. The Morgan fingerprint density at radius 2 is 1.85 bits per heavy atom. The third-order valence-electron chi connectivity index (χ3n) is 3.69. The third kappa shape index (κ3) is 4.31. The van der Waals surface area contributed by atoms with Gasteiger partial charge >= 0.3 is 12.1 Å². The molecule has 144 valence electrons. The molecule has 1 unspecified atom stereocenters. The Morgan fingerprint density at radius 3 is 2.38 bits per heavy atom. The van der Waals surface area contributed by atoms with E-state index in [1.807, 2.05) is 0 Å². The van der Waals surface area contributed by atoms with Gasteiger partial charge in [-0.2, -0.15) is 4.31 Å². The number of ether oxygens (including phenoxy) is 1. The molecule has 0 aliphatic carbocycles. The third-order valence-corrected chi connectivity index (χ3v) is 5.63. The lowest BCUT2D eigenvalue weighted by molar-refractivity contribution is -0.143. The molecule has 1 atom stereocenters. The van der Waals surface area contributed by atoms with Gasteiger partial charge in [-0.1, -0.05) is 12.1 Å². The monoisotopic (exact) mass is 388 g/mol. The zero-order chi connectivity index (χ0) is 19.7. The number of carboxylic acids is 1. The van der Waals surface area contributed by atoms with Crippen LogP contribution in [-0.2, 0) is 19.6 Å². The second-order valence-electron chi connectivity index (χ2n) is 6.83. The highest BCUT2D eigenvalue weighted by atomic mass is 32.2. The van der Waals surface area contributed by atoms with Crippen LogP contribution in [0.25, 0.3) is 0 Å². The molecule has 1 aliphatic heterocycles. The summed E-state index contributed by atoms with van der Waals surface area (Å²) in [7, 11) is -4.37. The van der Waals surface area contributed by atoms with Crippen LogP contribution in [0.4, 0.5) is 9.18 Å². The van der Waals surface area contributed by atoms with Crippen molar-refractivity contribution in [1.29, 1.82) is 0 Å². The number of nitrogens with zero attached hydrogens (tertiary/aromatic N) is 2. The average Bonchev–Trinajstić information content (AvgIpc) is 2.52. The molecule has 0 aromatic heterocycles. The number of carboxylic acid groups (broad SMARTS) is 1. The van der Waals surface area contributed by atoms with Gasteiger partial charge in [0.05, 0.1) is 6.54 Å². The molecule has 26 heavy (non-hydrogen) atoms. The maximum atomic E-state index is 13.9. The van der Waals surface area contributed by atoms with Crippen LogP contribution in [0, 0.1) is 5.82 Å². The summed E-state index contributed by atoms with van der Waals surface area (Å²) >= 11 is 0. The SMILES string of the molecule is CC(C)(C)OC(=O)N1CCN(S(=O)(=O)c2ccccc2F)C(C(=O)O)C1. The van der Waals surface area contributed by atoms with Crippen LogP contribution in [0.5, 0.6) is 0 Å². The first-order valence-electron chi connectivity index (χ1n) is 7.90. The predicted octanol–water partition coefficient (Wildman–Crippen LogP) is 1.52. The van der Waals surface area contributed by atoms with Crippen molar-refractivity contribution in [1.82, 2.24) is 9.21 Å². The lowest BCUT2D eigenvalue weighted by Crippen LogP contribution is -2.59. The van der Waals surface area contributed by atoms with Gasteiger partial charge in [-0.25, -0.2) is 17.6 Å². The molecule has 1 aromatic rings. The van der Waals surface area contributed by atoms with E-state index in [9.17, 15) is 27.5 Å². The van der Waals surface area contributed by atoms with Gasteiger partial charge in [-0.3, -0.25) is 4.79 Å². The van der Waals surface area contributed by atoms with Crippen molar-refractivity contribution in [3.63, 3.8) is 0 Å². The number of aliphatic carboxylic acids is 1. The Kier molecular flexibility index (Phi) is 5.57. The summed E-state index contributed by atoms with van der Waals surface area (Å²) in [4.78, 5) is 24.3. The second-order valence-corrected chi connectivity index (χ2v) is 8.69. The fourth-order valence-electron chi connectivity index (χ4n) is 2.53. The molecule has 1 aromatic carbocycles. The van der Waals surface area contributed by atoms with Crippen molar-refractivity contribution in [2.45, 2.75) is 37.3 Å². The number of sulfonamides is 1. The Balaban J connectivity index is 2.28. The molecule has 8 nitrogen and oxygen atoms in total. The molecule has 1 amide bonds. The second kappa shape index (κ2) is 7.20. The van der Waals surface area contributed by atoms with Crippen LogP contribution in [0.15, 0.2) is 29.2 Å². The van der Waals surface area contributed by atoms with Gasteiger partial charge in [-0.05, 0) is 32.9 Å². The maximum absolute atomic E-state index is 13.9. The molecule has 1 aliphatic rings. The first-order chi connectivity index (χ1) is 11.9. The van der Waals surface area contributed by atoms with E-state index in [4.69, 9.17) is 4.74 Å². The van der Waals surface area contributed by atoms with Gasteiger partial charge in [0.1, 0.15) is 22.4 Å². The summed E-state index contributed by atoms with van der Waals surface area (Å²) in [5, 5.41) is 9.44. The molecule has 2 rings (SSSR count). The topological polar surface area (TPSA) is 104 Å². The highest BCUT2D eigenvalue weighted by Gasteiger charge is 2.43. The number of carbonyl (C=O) groups is 2. The van der Waals surface area contributed by atoms with E-state index in [2.05, 4.69) is 0 Å². The summed E-state index contributed by atoms with van der Waals surface area (Å²) in [5.74, 6) is -2.40. The number of halogens is 1. The van der Waals surface area contributed by atoms with Gasteiger partial charge in [0.15, 0.2) is 0 Å². The molecule has 10 heteroatoms. The molecule has 1 fully saturated rings. The smallest absolute Gasteiger partial charge is 0.410 e. The Hall–Kier alpha value is -2.20. The summed E-state index contributed by atoms with van der Waals surface area (Å²) < 4.78 is 45.3. The predicted molar refractivity (Wildman–Crippen MR) is 89.5 cm³/mol. The van der Waals surface area contributed by atoms with Crippen molar-refractivity contribution >= 4 is 22.1 Å². The fourth-order valence-corrected chi connectivity index (χ4v) is 4.16. The number of amides is 1. The van der Waals surface area contributed by atoms with E-state index in [-0.39, 0.29) is 13.1 Å². The average molecular weight is 388 g/mol. The van der Waals surface area contributed by atoms with E-state index in [1.54, 1.807) is 20.8 Å². The molecule has 0 saturated carbocycles.